The molecule has 3 nitrogen and oxygen atoms in total. The van der Waals surface area contributed by atoms with E-state index in [0.29, 0.717) is 5.92 Å². The van der Waals surface area contributed by atoms with Crippen LogP contribution in [0.4, 0.5) is 0 Å². The van der Waals surface area contributed by atoms with Crippen molar-refractivity contribution in [3.63, 3.8) is 0 Å². The van der Waals surface area contributed by atoms with Crippen molar-refractivity contribution in [2.24, 2.45) is 0 Å². The summed E-state index contributed by atoms with van der Waals surface area (Å²) >= 11 is 0. The van der Waals surface area contributed by atoms with Crippen LogP contribution in [-0.4, -0.2) is 15.0 Å². The molecule has 1 aromatic heterocycles. The number of nitrogens with zero attached hydrogens (tertiary/aromatic N) is 3. The van der Waals surface area contributed by atoms with Crippen molar-refractivity contribution in [2.45, 2.75) is 19.8 Å². The van der Waals surface area contributed by atoms with E-state index in [0.717, 1.165) is 5.69 Å². The Morgan fingerprint density at radius 3 is 2.64 bits per heavy atom. The summed E-state index contributed by atoms with van der Waals surface area (Å²) in [6.45, 7) is 4.32. The number of hydrogen-bond acceptors (Lipinski definition) is 2. The van der Waals surface area contributed by atoms with Crippen LogP contribution in [0.5, 0.6) is 0 Å². The summed E-state index contributed by atoms with van der Waals surface area (Å²) in [6.07, 6.45) is 3.33. The average molecular weight is 186 g/mol. The number of benzene rings is 1. The molecule has 0 saturated carbocycles. The molecule has 1 heterocycles. The van der Waals surface area contributed by atoms with E-state index in [2.05, 4.69) is 42.2 Å². The number of aromatic nitrogens is 3. The molecule has 2 aromatic rings. The third-order valence-electron chi connectivity index (χ3n) is 2.11. The van der Waals surface area contributed by atoms with Gasteiger partial charge in [-0.25, -0.2) is 0 Å². The van der Waals surface area contributed by atoms with Gasteiger partial charge in [0.1, 0.15) is 0 Å². The van der Waals surface area contributed by atoms with Crippen LogP contribution in [0, 0.1) is 6.07 Å². The summed E-state index contributed by atoms with van der Waals surface area (Å²) in [5.41, 5.74) is 2.16. The van der Waals surface area contributed by atoms with Gasteiger partial charge in [-0.05, 0) is 17.5 Å². The van der Waals surface area contributed by atoms with E-state index in [4.69, 9.17) is 0 Å². The smallest absolute Gasteiger partial charge is 0.0938 e. The van der Waals surface area contributed by atoms with Crippen molar-refractivity contribution in [1.29, 1.82) is 0 Å². The molecule has 14 heavy (non-hydrogen) atoms. The lowest BCUT2D eigenvalue weighted by atomic mass is 10.0. The minimum Gasteiger partial charge on any atom is -0.157 e. The first-order valence-electron chi connectivity index (χ1n) is 4.65. The van der Waals surface area contributed by atoms with Crippen LogP contribution in [0.25, 0.3) is 5.69 Å². The lowest BCUT2D eigenvalue weighted by Gasteiger charge is -2.06. The van der Waals surface area contributed by atoms with Crippen molar-refractivity contribution in [3.8, 4) is 5.69 Å². The monoisotopic (exact) mass is 186 g/mol. The van der Waals surface area contributed by atoms with E-state index in [-0.39, 0.29) is 0 Å². The van der Waals surface area contributed by atoms with Crippen molar-refractivity contribution in [2.75, 3.05) is 0 Å². The van der Waals surface area contributed by atoms with Crippen molar-refractivity contribution in [3.05, 3.63) is 42.2 Å². The SMILES string of the molecule is CC(C)c1cc[c]c(-n2nccn2)c1. The second-order valence-corrected chi connectivity index (χ2v) is 3.48. The highest BCUT2D eigenvalue weighted by Gasteiger charge is 2.02. The summed E-state index contributed by atoms with van der Waals surface area (Å²) in [4.78, 5) is 1.58. The van der Waals surface area contributed by atoms with Crippen LogP contribution < -0.4 is 0 Å². The van der Waals surface area contributed by atoms with Crippen LogP contribution in [-0.2, 0) is 0 Å². The summed E-state index contributed by atoms with van der Waals surface area (Å²) < 4.78 is 0. The Bertz CT molecular complexity index is 404. The van der Waals surface area contributed by atoms with Gasteiger partial charge in [-0.2, -0.15) is 15.0 Å². The van der Waals surface area contributed by atoms with Crippen molar-refractivity contribution in [1.82, 2.24) is 15.0 Å². The van der Waals surface area contributed by atoms with E-state index in [1.807, 2.05) is 6.07 Å². The highest BCUT2D eigenvalue weighted by Crippen LogP contribution is 2.16. The maximum Gasteiger partial charge on any atom is 0.0938 e. The molecule has 0 aliphatic rings. The van der Waals surface area contributed by atoms with Gasteiger partial charge in [0.05, 0.1) is 18.1 Å². The molecule has 0 atom stereocenters. The fourth-order valence-corrected chi connectivity index (χ4v) is 1.29. The molecule has 0 saturated heterocycles. The Kier molecular flexibility index (Phi) is 2.31. The summed E-state index contributed by atoms with van der Waals surface area (Å²) in [6, 6.07) is 9.14. The molecule has 1 radical (unpaired) electrons. The molecule has 0 bridgehead atoms. The summed E-state index contributed by atoms with van der Waals surface area (Å²) in [5.74, 6) is 0.513. The number of rotatable bonds is 2. The Morgan fingerprint density at radius 1 is 1.29 bits per heavy atom. The zero-order valence-corrected chi connectivity index (χ0v) is 8.31. The third kappa shape index (κ3) is 1.66. The molecule has 0 amide bonds. The van der Waals surface area contributed by atoms with Gasteiger partial charge in [0.2, 0.25) is 0 Å². The fourth-order valence-electron chi connectivity index (χ4n) is 1.29. The first-order chi connectivity index (χ1) is 6.77. The molecule has 0 aliphatic heterocycles. The Balaban J connectivity index is 2.41. The standard InChI is InChI=1S/C11H12N3/c1-9(2)10-4-3-5-11(8-10)14-12-6-7-13-14/h3-4,6-9H,1-2H3. The molecule has 2 rings (SSSR count). The van der Waals surface area contributed by atoms with Gasteiger partial charge >= 0.3 is 0 Å². The molecule has 0 unspecified atom stereocenters. The zero-order chi connectivity index (χ0) is 9.97. The zero-order valence-electron chi connectivity index (χ0n) is 8.31. The van der Waals surface area contributed by atoms with Gasteiger partial charge in [0.25, 0.3) is 0 Å². The lowest BCUT2D eigenvalue weighted by Crippen LogP contribution is -1.99. The minimum atomic E-state index is 0.513. The van der Waals surface area contributed by atoms with E-state index >= 15 is 0 Å². The molecule has 71 valence electrons. The second-order valence-electron chi connectivity index (χ2n) is 3.48. The quantitative estimate of drug-likeness (QED) is 0.719. The predicted molar refractivity (Wildman–Crippen MR) is 54.3 cm³/mol. The second kappa shape index (κ2) is 3.62. The summed E-state index contributed by atoms with van der Waals surface area (Å²) in [7, 11) is 0. The van der Waals surface area contributed by atoms with Crippen LogP contribution in [0.1, 0.15) is 25.3 Å². The largest absolute Gasteiger partial charge is 0.157 e. The number of hydrogen-bond donors (Lipinski definition) is 0. The molecule has 0 N–H and O–H groups in total. The normalized spacial score (nSPS) is 10.8. The maximum atomic E-state index is 4.06. The van der Waals surface area contributed by atoms with E-state index in [9.17, 15) is 0 Å². The van der Waals surface area contributed by atoms with E-state index in [1.165, 1.54) is 5.56 Å². The van der Waals surface area contributed by atoms with Gasteiger partial charge in [0, 0.05) is 6.07 Å². The Morgan fingerprint density at radius 2 is 2.00 bits per heavy atom. The van der Waals surface area contributed by atoms with Crippen molar-refractivity contribution >= 4 is 0 Å². The van der Waals surface area contributed by atoms with Gasteiger partial charge in [-0.1, -0.05) is 26.0 Å². The molecular formula is C11H12N3. The predicted octanol–water partition coefficient (Wildman–Crippen LogP) is 2.19. The lowest BCUT2D eigenvalue weighted by molar-refractivity contribution is 0.746. The third-order valence-corrected chi connectivity index (χ3v) is 2.11. The van der Waals surface area contributed by atoms with Crippen LogP contribution >= 0.6 is 0 Å². The first kappa shape index (κ1) is 8.94. The van der Waals surface area contributed by atoms with Crippen LogP contribution in [0.3, 0.4) is 0 Å². The first-order valence-corrected chi connectivity index (χ1v) is 4.65. The molecule has 0 aliphatic carbocycles. The molecule has 1 aromatic carbocycles. The molecule has 0 fully saturated rings. The highest BCUT2D eigenvalue weighted by molar-refractivity contribution is 5.33. The minimum absolute atomic E-state index is 0.513. The van der Waals surface area contributed by atoms with Crippen LogP contribution in [0.15, 0.2) is 30.6 Å². The molecule has 0 spiro atoms. The average Bonchev–Trinajstić information content (AvgIpc) is 2.71. The van der Waals surface area contributed by atoms with Gasteiger partial charge < -0.3 is 0 Å². The fraction of sp³-hybridized carbons (Fsp3) is 0.273. The highest BCUT2D eigenvalue weighted by atomic mass is 15.5. The van der Waals surface area contributed by atoms with E-state index in [1.54, 1.807) is 17.2 Å². The Labute approximate surface area is 83.4 Å². The Hall–Kier alpha value is -1.64. The molecular weight excluding hydrogens is 174 g/mol. The maximum absolute atomic E-state index is 4.06. The van der Waals surface area contributed by atoms with Crippen molar-refractivity contribution < 1.29 is 0 Å². The van der Waals surface area contributed by atoms with E-state index < -0.39 is 0 Å². The topological polar surface area (TPSA) is 30.7 Å². The molecule has 3 heteroatoms. The van der Waals surface area contributed by atoms with Gasteiger partial charge in [0.15, 0.2) is 0 Å². The van der Waals surface area contributed by atoms with Crippen LogP contribution in [0.2, 0.25) is 0 Å². The van der Waals surface area contributed by atoms with Gasteiger partial charge in [-0.15, -0.1) is 0 Å². The summed E-state index contributed by atoms with van der Waals surface area (Å²) in [5, 5.41) is 8.12. The van der Waals surface area contributed by atoms with Gasteiger partial charge in [-0.3, -0.25) is 0 Å².